The first-order valence-corrected chi connectivity index (χ1v) is 9.12. The average Bonchev–Trinajstić information content (AvgIpc) is 3.42. The Kier molecular flexibility index (Phi) is 4.72. The summed E-state index contributed by atoms with van der Waals surface area (Å²) in [6.45, 7) is 4.81. The van der Waals surface area contributed by atoms with Crippen LogP contribution in [0.5, 0.6) is 0 Å². The molecule has 4 rings (SSSR count). The van der Waals surface area contributed by atoms with Crippen molar-refractivity contribution in [2.75, 3.05) is 11.9 Å². The number of rotatable bonds is 5. The van der Waals surface area contributed by atoms with Gasteiger partial charge in [0.2, 0.25) is 5.95 Å². The molecule has 0 aliphatic carbocycles. The number of benzene rings is 1. The van der Waals surface area contributed by atoms with Crippen LogP contribution in [-0.2, 0) is 4.74 Å². The van der Waals surface area contributed by atoms with Crippen molar-refractivity contribution >= 4 is 11.9 Å². The molecule has 8 heteroatoms. The third-order valence-electron chi connectivity index (χ3n) is 4.52. The van der Waals surface area contributed by atoms with E-state index in [0.717, 1.165) is 30.8 Å². The molecule has 27 heavy (non-hydrogen) atoms. The second-order valence-corrected chi connectivity index (χ2v) is 6.86. The van der Waals surface area contributed by atoms with Crippen LogP contribution < -0.4 is 5.32 Å². The maximum atomic E-state index is 12.9. The summed E-state index contributed by atoms with van der Waals surface area (Å²) in [6, 6.07) is 11.4. The summed E-state index contributed by atoms with van der Waals surface area (Å²) in [7, 11) is 0. The van der Waals surface area contributed by atoms with Crippen LogP contribution in [-0.4, -0.2) is 37.5 Å². The molecule has 1 amide bonds. The summed E-state index contributed by atoms with van der Waals surface area (Å²) in [5, 5.41) is 14.3. The highest BCUT2D eigenvalue weighted by atomic mass is 16.5. The van der Waals surface area contributed by atoms with Crippen molar-refractivity contribution in [3.63, 3.8) is 0 Å². The number of carbonyl (C=O) groups is 1. The van der Waals surface area contributed by atoms with Gasteiger partial charge in [-0.15, -0.1) is 5.10 Å². The zero-order valence-corrected chi connectivity index (χ0v) is 15.3. The molecule has 2 N–H and O–H groups in total. The summed E-state index contributed by atoms with van der Waals surface area (Å²) in [4.78, 5) is 17.2. The molecule has 1 fully saturated rings. The molecule has 1 atom stereocenters. The standard InChI is InChI=1S/C19H22N6O2/c1-12(2)14-11-15(25(24-14)13-7-4-3-5-8-13)18(26)21-19-20-17(22-23-19)16-9-6-10-27-16/h3-5,7-8,11-12,16H,6,9-10H2,1-2H3,(H2,20,21,22,23,26)/t16-/m1/s1. The lowest BCUT2D eigenvalue weighted by Gasteiger charge is -2.06. The molecule has 3 heterocycles. The molecule has 1 aliphatic heterocycles. The number of H-pyrrole nitrogens is 1. The van der Waals surface area contributed by atoms with Gasteiger partial charge in [0.15, 0.2) is 5.82 Å². The van der Waals surface area contributed by atoms with Crippen LogP contribution in [0.4, 0.5) is 5.95 Å². The van der Waals surface area contributed by atoms with Crippen LogP contribution in [0.25, 0.3) is 5.69 Å². The average molecular weight is 366 g/mol. The first-order valence-electron chi connectivity index (χ1n) is 9.12. The molecular weight excluding hydrogens is 344 g/mol. The minimum Gasteiger partial charge on any atom is -0.370 e. The van der Waals surface area contributed by atoms with Crippen molar-refractivity contribution in [3.05, 3.63) is 53.6 Å². The lowest BCUT2D eigenvalue weighted by atomic mass is 10.1. The fraction of sp³-hybridized carbons (Fsp3) is 0.368. The minimum atomic E-state index is -0.309. The Morgan fingerprint density at radius 2 is 2.15 bits per heavy atom. The van der Waals surface area contributed by atoms with E-state index in [0.29, 0.717) is 11.5 Å². The lowest BCUT2D eigenvalue weighted by Crippen LogP contribution is -2.17. The predicted octanol–water partition coefficient (Wildman–Crippen LogP) is 3.22. The first-order chi connectivity index (χ1) is 13.1. The summed E-state index contributed by atoms with van der Waals surface area (Å²) in [5.41, 5.74) is 2.11. The van der Waals surface area contributed by atoms with Crippen LogP contribution in [0.15, 0.2) is 36.4 Å². The topological polar surface area (TPSA) is 97.7 Å². The number of para-hydroxylation sites is 1. The van der Waals surface area contributed by atoms with Gasteiger partial charge in [-0.25, -0.2) is 4.68 Å². The Labute approximate surface area is 157 Å². The number of aromatic amines is 1. The highest BCUT2D eigenvalue weighted by molar-refractivity contribution is 6.02. The largest absolute Gasteiger partial charge is 0.370 e. The number of ether oxygens (including phenoxy) is 1. The van der Waals surface area contributed by atoms with Crippen LogP contribution in [0.3, 0.4) is 0 Å². The second kappa shape index (κ2) is 7.32. The Balaban J connectivity index is 1.59. The summed E-state index contributed by atoms with van der Waals surface area (Å²) in [6.07, 6.45) is 1.83. The van der Waals surface area contributed by atoms with Crippen LogP contribution in [0.1, 0.15) is 60.7 Å². The van der Waals surface area contributed by atoms with E-state index in [4.69, 9.17) is 4.74 Å². The van der Waals surface area contributed by atoms with Gasteiger partial charge in [0.1, 0.15) is 11.8 Å². The molecular formula is C19H22N6O2. The normalized spacial score (nSPS) is 16.8. The van der Waals surface area contributed by atoms with Gasteiger partial charge in [0, 0.05) is 6.61 Å². The fourth-order valence-corrected chi connectivity index (χ4v) is 3.04. The number of hydrogen-bond acceptors (Lipinski definition) is 5. The third kappa shape index (κ3) is 3.61. The van der Waals surface area contributed by atoms with Crippen molar-refractivity contribution in [1.29, 1.82) is 0 Å². The highest BCUT2D eigenvalue weighted by Gasteiger charge is 2.23. The van der Waals surface area contributed by atoms with E-state index in [1.807, 2.05) is 44.2 Å². The van der Waals surface area contributed by atoms with Crippen molar-refractivity contribution in [2.24, 2.45) is 0 Å². The van der Waals surface area contributed by atoms with Crippen LogP contribution in [0.2, 0.25) is 0 Å². The van der Waals surface area contributed by atoms with Gasteiger partial charge in [-0.1, -0.05) is 32.0 Å². The molecule has 140 valence electrons. The first kappa shape index (κ1) is 17.4. The van der Waals surface area contributed by atoms with Gasteiger partial charge in [-0.2, -0.15) is 10.1 Å². The number of nitrogens with one attached hydrogen (secondary N) is 2. The number of nitrogens with zero attached hydrogens (tertiary/aromatic N) is 4. The zero-order valence-electron chi connectivity index (χ0n) is 15.3. The Morgan fingerprint density at radius 3 is 2.85 bits per heavy atom. The van der Waals surface area contributed by atoms with E-state index in [1.165, 1.54) is 0 Å². The Morgan fingerprint density at radius 1 is 1.33 bits per heavy atom. The van der Waals surface area contributed by atoms with Gasteiger partial charge < -0.3 is 4.74 Å². The molecule has 0 unspecified atom stereocenters. The Bertz CT molecular complexity index is 925. The highest BCUT2D eigenvalue weighted by Crippen LogP contribution is 2.26. The zero-order chi connectivity index (χ0) is 18.8. The third-order valence-corrected chi connectivity index (χ3v) is 4.52. The smallest absolute Gasteiger partial charge is 0.276 e. The fourth-order valence-electron chi connectivity index (χ4n) is 3.04. The molecule has 0 spiro atoms. The van der Waals surface area contributed by atoms with Crippen molar-refractivity contribution in [2.45, 2.75) is 38.7 Å². The van der Waals surface area contributed by atoms with E-state index >= 15 is 0 Å². The van der Waals surface area contributed by atoms with E-state index in [9.17, 15) is 4.79 Å². The Hall–Kier alpha value is -3.00. The van der Waals surface area contributed by atoms with Crippen LogP contribution >= 0.6 is 0 Å². The van der Waals surface area contributed by atoms with Crippen molar-refractivity contribution in [3.8, 4) is 5.69 Å². The molecule has 1 aliphatic rings. The van der Waals surface area contributed by atoms with Gasteiger partial charge in [-0.3, -0.25) is 15.2 Å². The van der Waals surface area contributed by atoms with Gasteiger partial charge >= 0.3 is 0 Å². The van der Waals surface area contributed by atoms with E-state index in [2.05, 4.69) is 25.6 Å². The van der Waals surface area contributed by atoms with Crippen molar-refractivity contribution in [1.82, 2.24) is 25.0 Å². The number of carbonyl (C=O) groups excluding carboxylic acids is 1. The van der Waals surface area contributed by atoms with E-state index in [1.54, 1.807) is 10.7 Å². The molecule has 0 saturated carbocycles. The van der Waals surface area contributed by atoms with E-state index in [-0.39, 0.29) is 23.9 Å². The molecule has 2 aromatic heterocycles. The van der Waals surface area contributed by atoms with Crippen LogP contribution in [0, 0.1) is 0 Å². The van der Waals surface area contributed by atoms with Crippen molar-refractivity contribution < 1.29 is 9.53 Å². The monoisotopic (exact) mass is 366 g/mol. The molecule has 0 radical (unpaired) electrons. The molecule has 1 saturated heterocycles. The van der Waals surface area contributed by atoms with Gasteiger partial charge in [0.25, 0.3) is 5.91 Å². The van der Waals surface area contributed by atoms with Gasteiger partial charge in [0.05, 0.1) is 11.4 Å². The van der Waals surface area contributed by atoms with E-state index < -0.39 is 0 Å². The SMILES string of the molecule is CC(C)c1cc(C(=O)Nc2n[nH]c([C@H]3CCCO3)n2)n(-c2ccccc2)n1. The summed E-state index contributed by atoms with van der Waals surface area (Å²) in [5.74, 6) is 0.770. The number of amides is 1. The maximum Gasteiger partial charge on any atom is 0.276 e. The number of hydrogen-bond donors (Lipinski definition) is 2. The number of aromatic nitrogens is 5. The summed E-state index contributed by atoms with van der Waals surface area (Å²) >= 11 is 0. The molecule has 3 aromatic rings. The summed E-state index contributed by atoms with van der Waals surface area (Å²) < 4.78 is 7.24. The number of anilines is 1. The lowest BCUT2D eigenvalue weighted by molar-refractivity contribution is 0.101. The maximum absolute atomic E-state index is 12.9. The molecule has 1 aromatic carbocycles. The molecule has 0 bridgehead atoms. The minimum absolute atomic E-state index is 0.0782. The molecule has 8 nitrogen and oxygen atoms in total. The quantitative estimate of drug-likeness (QED) is 0.722. The second-order valence-electron chi connectivity index (χ2n) is 6.86. The van der Waals surface area contributed by atoms with Gasteiger partial charge in [-0.05, 0) is 37.0 Å². The predicted molar refractivity (Wildman–Crippen MR) is 99.9 cm³/mol.